The van der Waals surface area contributed by atoms with Gasteiger partial charge in [0.25, 0.3) is 0 Å². The van der Waals surface area contributed by atoms with Crippen LogP contribution in [0.4, 0.5) is 0 Å². The minimum absolute atomic E-state index is 0.163. The first-order valence-electron chi connectivity index (χ1n) is 4.79. The molecule has 0 spiro atoms. The van der Waals surface area contributed by atoms with Crippen molar-refractivity contribution in [1.82, 2.24) is 9.78 Å². The Hall–Kier alpha value is -0.840. The van der Waals surface area contributed by atoms with Crippen LogP contribution in [0.5, 0.6) is 0 Å². The van der Waals surface area contributed by atoms with Gasteiger partial charge in [0, 0.05) is 6.07 Å². The van der Waals surface area contributed by atoms with Crippen molar-refractivity contribution in [2.75, 3.05) is 6.61 Å². The standard InChI is InChI=1S/C10H15BrN2O2/c1-5-15-9(14)7-6-8(11)13(12-7)10(2,3)4/h6H,5H2,1-4H3. The van der Waals surface area contributed by atoms with Gasteiger partial charge >= 0.3 is 5.97 Å². The summed E-state index contributed by atoms with van der Waals surface area (Å²) >= 11 is 3.37. The summed E-state index contributed by atoms with van der Waals surface area (Å²) in [6, 6.07) is 1.67. The Bertz CT molecular complexity index is 366. The van der Waals surface area contributed by atoms with Crippen LogP contribution in [0.2, 0.25) is 0 Å². The fourth-order valence-electron chi connectivity index (χ4n) is 1.13. The van der Waals surface area contributed by atoms with Crippen LogP contribution in [-0.2, 0) is 10.3 Å². The summed E-state index contributed by atoms with van der Waals surface area (Å²) in [6.45, 7) is 8.17. The summed E-state index contributed by atoms with van der Waals surface area (Å²) in [5.41, 5.74) is 0.169. The smallest absolute Gasteiger partial charge is 0.358 e. The third-order valence-corrected chi connectivity index (χ3v) is 2.35. The minimum atomic E-state index is -0.388. The Kier molecular flexibility index (Phi) is 3.54. The van der Waals surface area contributed by atoms with E-state index in [0.717, 1.165) is 4.60 Å². The fraction of sp³-hybridized carbons (Fsp3) is 0.600. The first-order valence-corrected chi connectivity index (χ1v) is 5.58. The zero-order chi connectivity index (χ0) is 11.6. The van der Waals surface area contributed by atoms with Gasteiger partial charge in [-0.05, 0) is 43.6 Å². The molecule has 0 radical (unpaired) electrons. The summed E-state index contributed by atoms with van der Waals surface area (Å²) < 4.78 is 7.40. The fourth-order valence-corrected chi connectivity index (χ4v) is 1.96. The second kappa shape index (κ2) is 4.35. The molecule has 1 heterocycles. The highest BCUT2D eigenvalue weighted by Crippen LogP contribution is 2.21. The van der Waals surface area contributed by atoms with Crippen LogP contribution in [0.15, 0.2) is 10.7 Å². The summed E-state index contributed by atoms with van der Waals surface area (Å²) in [5.74, 6) is -0.388. The highest BCUT2D eigenvalue weighted by atomic mass is 79.9. The average Bonchev–Trinajstić information content (AvgIpc) is 2.47. The number of rotatable bonds is 2. The van der Waals surface area contributed by atoms with Gasteiger partial charge in [-0.2, -0.15) is 5.10 Å². The number of aromatic nitrogens is 2. The molecule has 0 aromatic carbocycles. The molecular formula is C10H15BrN2O2. The third-order valence-electron chi connectivity index (χ3n) is 1.79. The Labute approximate surface area is 97.7 Å². The van der Waals surface area contributed by atoms with E-state index in [1.54, 1.807) is 17.7 Å². The molecule has 0 N–H and O–H groups in total. The Morgan fingerprint density at radius 1 is 1.60 bits per heavy atom. The molecule has 0 aliphatic rings. The van der Waals surface area contributed by atoms with Crippen molar-refractivity contribution < 1.29 is 9.53 Å². The normalized spacial score (nSPS) is 11.5. The number of nitrogens with zero attached hydrogens (tertiary/aromatic N) is 2. The summed E-state index contributed by atoms with van der Waals surface area (Å²) in [6.07, 6.45) is 0. The van der Waals surface area contributed by atoms with Crippen molar-refractivity contribution in [3.63, 3.8) is 0 Å². The van der Waals surface area contributed by atoms with E-state index < -0.39 is 0 Å². The largest absolute Gasteiger partial charge is 0.461 e. The van der Waals surface area contributed by atoms with Crippen LogP contribution in [-0.4, -0.2) is 22.4 Å². The number of halogens is 1. The number of hydrogen-bond acceptors (Lipinski definition) is 3. The predicted molar refractivity (Wildman–Crippen MR) is 60.9 cm³/mol. The molecule has 0 aliphatic carbocycles. The summed E-state index contributed by atoms with van der Waals surface area (Å²) in [7, 11) is 0. The lowest BCUT2D eigenvalue weighted by molar-refractivity contribution is 0.0517. The quantitative estimate of drug-likeness (QED) is 0.779. The van der Waals surface area contributed by atoms with Crippen LogP contribution in [0.25, 0.3) is 0 Å². The molecule has 4 nitrogen and oxygen atoms in total. The topological polar surface area (TPSA) is 44.1 Å². The van der Waals surface area contributed by atoms with Crippen molar-refractivity contribution in [2.45, 2.75) is 33.2 Å². The second-order valence-corrected chi connectivity index (χ2v) is 4.97. The molecule has 84 valence electrons. The molecular weight excluding hydrogens is 260 g/mol. The van der Waals surface area contributed by atoms with Gasteiger partial charge in [-0.1, -0.05) is 0 Å². The van der Waals surface area contributed by atoms with E-state index in [2.05, 4.69) is 21.0 Å². The number of carbonyl (C=O) groups excluding carboxylic acids is 1. The number of hydrogen-bond donors (Lipinski definition) is 0. The van der Waals surface area contributed by atoms with Crippen LogP contribution in [0.3, 0.4) is 0 Å². The average molecular weight is 275 g/mol. The van der Waals surface area contributed by atoms with Gasteiger partial charge in [0.1, 0.15) is 4.60 Å². The van der Waals surface area contributed by atoms with E-state index >= 15 is 0 Å². The van der Waals surface area contributed by atoms with Crippen molar-refractivity contribution in [2.24, 2.45) is 0 Å². The molecule has 1 aromatic heterocycles. The monoisotopic (exact) mass is 274 g/mol. The second-order valence-electron chi connectivity index (χ2n) is 4.16. The first kappa shape index (κ1) is 12.2. The van der Waals surface area contributed by atoms with Gasteiger partial charge in [-0.15, -0.1) is 0 Å². The lowest BCUT2D eigenvalue weighted by Gasteiger charge is -2.20. The molecule has 0 fully saturated rings. The number of ether oxygens (including phenoxy) is 1. The molecule has 0 amide bonds. The molecule has 0 atom stereocenters. The van der Waals surface area contributed by atoms with Gasteiger partial charge < -0.3 is 4.74 Å². The van der Waals surface area contributed by atoms with E-state index in [1.165, 1.54) is 0 Å². The first-order chi connectivity index (χ1) is 6.86. The van der Waals surface area contributed by atoms with E-state index in [0.29, 0.717) is 12.3 Å². The van der Waals surface area contributed by atoms with Gasteiger partial charge in [-0.25, -0.2) is 4.79 Å². The molecule has 15 heavy (non-hydrogen) atoms. The van der Waals surface area contributed by atoms with Gasteiger partial charge in [-0.3, -0.25) is 4.68 Å². The van der Waals surface area contributed by atoms with Crippen molar-refractivity contribution in [1.29, 1.82) is 0 Å². The van der Waals surface area contributed by atoms with Crippen LogP contribution < -0.4 is 0 Å². The molecule has 0 bridgehead atoms. The van der Waals surface area contributed by atoms with E-state index in [1.807, 2.05) is 20.8 Å². The maximum absolute atomic E-state index is 11.4. The van der Waals surface area contributed by atoms with Crippen molar-refractivity contribution in [3.05, 3.63) is 16.4 Å². The van der Waals surface area contributed by atoms with Gasteiger partial charge in [0.2, 0.25) is 0 Å². The minimum Gasteiger partial charge on any atom is -0.461 e. The molecule has 0 unspecified atom stereocenters. The zero-order valence-electron chi connectivity index (χ0n) is 9.37. The Balaban J connectivity index is 3.01. The molecule has 1 rings (SSSR count). The van der Waals surface area contributed by atoms with Crippen LogP contribution in [0, 0.1) is 0 Å². The lowest BCUT2D eigenvalue weighted by Crippen LogP contribution is -2.24. The predicted octanol–water partition coefficient (Wildman–Crippen LogP) is 2.58. The molecule has 0 saturated heterocycles. The number of esters is 1. The molecule has 1 aromatic rings. The highest BCUT2D eigenvalue weighted by Gasteiger charge is 2.21. The molecule has 5 heteroatoms. The van der Waals surface area contributed by atoms with E-state index in [-0.39, 0.29) is 11.5 Å². The zero-order valence-corrected chi connectivity index (χ0v) is 11.0. The van der Waals surface area contributed by atoms with E-state index in [4.69, 9.17) is 4.74 Å². The molecule has 0 saturated carbocycles. The summed E-state index contributed by atoms with van der Waals surface area (Å²) in [4.78, 5) is 11.4. The lowest BCUT2D eigenvalue weighted by atomic mass is 10.1. The van der Waals surface area contributed by atoms with Crippen LogP contribution in [0.1, 0.15) is 38.2 Å². The van der Waals surface area contributed by atoms with Crippen molar-refractivity contribution in [3.8, 4) is 0 Å². The summed E-state index contributed by atoms with van der Waals surface area (Å²) in [5, 5.41) is 4.19. The third kappa shape index (κ3) is 2.81. The number of carbonyl (C=O) groups is 1. The highest BCUT2D eigenvalue weighted by molar-refractivity contribution is 9.10. The maximum atomic E-state index is 11.4. The van der Waals surface area contributed by atoms with Gasteiger partial charge in [0.05, 0.1) is 12.1 Å². The Morgan fingerprint density at radius 3 is 2.60 bits per heavy atom. The van der Waals surface area contributed by atoms with Crippen molar-refractivity contribution >= 4 is 21.9 Å². The Morgan fingerprint density at radius 2 is 2.20 bits per heavy atom. The SMILES string of the molecule is CCOC(=O)c1cc(Br)n(C(C)(C)C)n1. The van der Waals surface area contributed by atoms with Gasteiger partial charge in [0.15, 0.2) is 5.69 Å². The van der Waals surface area contributed by atoms with E-state index in [9.17, 15) is 4.79 Å². The maximum Gasteiger partial charge on any atom is 0.358 e. The molecule has 0 aliphatic heterocycles. The van der Waals surface area contributed by atoms with Crippen LogP contribution >= 0.6 is 15.9 Å².